The highest BCUT2D eigenvalue weighted by Gasteiger charge is 2.45. The van der Waals surface area contributed by atoms with Crippen molar-refractivity contribution in [2.75, 3.05) is 65.7 Å². The average Bonchev–Trinajstić information content (AvgIpc) is 3.01. The van der Waals surface area contributed by atoms with Crippen LogP contribution in [0.3, 0.4) is 0 Å². The molecule has 8 nitrogen and oxygen atoms in total. The largest absolute Gasteiger partial charge is 0.497 e. The molecule has 2 aliphatic rings. The maximum Gasteiger partial charge on any atom is 0.254 e. The number of fused-ring (bicyclic) bond motifs is 1. The van der Waals surface area contributed by atoms with Crippen molar-refractivity contribution < 1.29 is 23.8 Å². The van der Waals surface area contributed by atoms with Crippen LogP contribution >= 0.6 is 11.8 Å². The van der Waals surface area contributed by atoms with E-state index in [1.54, 1.807) is 57.2 Å². The van der Waals surface area contributed by atoms with Gasteiger partial charge in [0.05, 0.1) is 33.3 Å². The molecule has 0 spiro atoms. The highest BCUT2D eigenvalue weighted by Crippen LogP contribution is 2.46. The summed E-state index contributed by atoms with van der Waals surface area (Å²) in [6, 6.07) is 19.2. The number of piperazine rings is 1. The number of likely N-dealkylation sites (N-methyl/N-ethyl adjacent to an activating group) is 1. The second-order valence-electron chi connectivity index (χ2n) is 9.92. The first-order valence-electron chi connectivity index (χ1n) is 13.2. The Morgan fingerprint density at radius 2 is 1.48 bits per heavy atom. The monoisotopic (exact) mass is 561 g/mol. The number of anilines is 1. The Hall–Kier alpha value is -3.85. The van der Waals surface area contributed by atoms with E-state index in [4.69, 9.17) is 14.2 Å². The Morgan fingerprint density at radius 3 is 2.05 bits per heavy atom. The van der Waals surface area contributed by atoms with Crippen molar-refractivity contribution in [3.63, 3.8) is 0 Å². The number of rotatable bonds is 7. The van der Waals surface area contributed by atoms with Crippen LogP contribution in [0.2, 0.25) is 0 Å². The van der Waals surface area contributed by atoms with Crippen molar-refractivity contribution in [1.29, 1.82) is 0 Å². The van der Waals surface area contributed by atoms with Crippen molar-refractivity contribution >= 4 is 29.3 Å². The van der Waals surface area contributed by atoms with Crippen LogP contribution in [-0.4, -0.2) is 82.4 Å². The van der Waals surface area contributed by atoms with E-state index in [2.05, 4.69) is 4.90 Å². The van der Waals surface area contributed by atoms with Crippen LogP contribution in [0.1, 0.15) is 33.4 Å². The second-order valence-corrected chi connectivity index (χ2v) is 10.8. The predicted molar refractivity (Wildman–Crippen MR) is 157 cm³/mol. The quantitative estimate of drug-likeness (QED) is 0.388. The molecule has 0 bridgehead atoms. The van der Waals surface area contributed by atoms with Gasteiger partial charge in [-0.05, 0) is 65.9 Å². The number of carbonyl (C=O) groups excluding carboxylic acids is 2. The third kappa shape index (κ3) is 5.06. The van der Waals surface area contributed by atoms with Gasteiger partial charge in [0.2, 0.25) is 5.91 Å². The molecule has 3 aromatic carbocycles. The number of hydrogen-bond acceptors (Lipinski definition) is 7. The molecule has 0 unspecified atom stereocenters. The lowest BCUT2D eigenvalue weighted by Gasteiger charge is -2.43. The summed E-state index contributed by atoms with van der Waals surface area (Å²) in [7, 11) is 6.54. The summed E-state index contributed by atoms with van der Waals surface area (Å²) in [5, 5.41) is 0. The van der Waals surface area contributed by atoms with Gasteiger partial charge < -0.3 is 28.9 Å². The van der Waals surface area contributed by atoms with Crippen LogP contribution < -0.4 is 19.1 Å². The lowest BCUT2D eigenvalue weighted by molar-refractivity contribution is -0.134. The average molecular weight is 562 g/mol. The highest BCUT2D eigenvalue weighted by atomic mass is 32.2. The summed E-state index contributed by atoms with van der Waals surface area (Å²) in [6.07, 6.45) is 2.03. The fraction of sp³-hybridized carbons (Fsp3) is 0.355. The van der Waals surface area contributed by atoms with Crippen molar-refractivity contribution in [3.8, 4) is 17.2 Å². The molecule has 2 amide bonds. The summed E-state index contributed by atoms with van der Waals surface area (Å²) in [6.45, 7) is 2.59. The molecular weight excluding hydrogens is 526 g/mol. The minimum Gasteiger partial charge on any atom is -0.497 e. The van der Waals surface area contributed by atoms with Crippen LogP contribution in [0.5, 0.6) is 17.2 Å². The molecule has 3 aromatic rings. The summed E-state index contributed by atoms with van der Waals surface area (Å²) in [5.41, 5.74) is 3.16. The van der Waals surface area contributed by atoms with Gasteiger partial charge in [-0.25, -0.2) is 0 Å². The van der Waals surface area contributed by atoms with E-state index in [1.807, 2.05) is 59.7 Å². The molecule has 1 fully saturated rings. The van der Waals surface area contributed by atoms with Crippen molar-refractivity contribution in [2.45, 2.75) is 16.9 Å². The summed E-state index contributed by atoms with van der Waals surface area (Å²) in [4.78, 5) is 35.1. The fourth-order valence-electron chi connectivity index (χ4n) is 5.71. The molecule has 2 atom stereocenters. The fourth-order valence-corrected chi connectivity index (χ4v) is 6.12. The molecule has 5 rings (SSSR count). The van der Waals surface area contributed by atoms with E-state index in [0.29, 0.717) is 48.8 Å². The number of thioether (sulfide) groups is 1. The Morgan fingerprint density at radius 1 is 0.850 bits per heavy atom. The molecule has 0 aromatic heterocycles. The third-order valence-corrected chi connectivity index (χ3v) is 8.67. The molecule has 9 heteroatoms. The smallest absolute Gasteiger partial charge is 0.254 e. The highest BCUT2D eigenvalue weighted by molar-refractivity contribution is 7.98. The molecule has 0 N–H and O–H groups in total. The number of methoxy groups -OCH3 is 3. The van der Waals surface area contributed by atoms with Gasteiger partial charge in [0.25, 0.3) is 5.91 Å². The van der Waals surface area contributed by atoms with Gasteiger partial charge in [0.15, 0.2) is 11.5 Å². The number of ether oxygens (including phenoxy) is 3. The van der Waals surface area contributed by atoms with E-state index < -0.39 is 12.0 Å². The number of hydrogen-bond donors (Lipinski definition) is 0. The third-order valence-electron chi connectivity index (χ3n) is 7.93. The van der Waals surface area contributed by atoms with E-state index in [0.717, 1.165) is 21.9 Å². The Balaban J connectivity index is 1.50. The van der Waals surface area contributed by atoms with E-state index in [1.165, 1.54) is 0 Å². The zero-order valence-electron chi connectivity index (χ0n) is 23.5. The van der Waals surface area contributed by atoms with Gasteiger partial charge in [-0.3, -0.25) is 9.59 Å². The van der Waals surface area contributed by atoms with E-state index >= 15 is 0 Å². The topological polar surface area (TPSA) is 71.5 Å². The van der Waals surface area contributed by atoms with E-state index in [9.17, 15) is 9.59 Å². The molecule has 2 heterocycles. The second kappa shape index (κ2) is 11.7. The molecule has 40 heavy (non-hydrogen) atoms. The lowest BCUT2D eigenvalue weighted by atomic mass is 9.78. The van der Waals surface area contributed by atoms with Crippen molar-refractivity contribution in [1.82, 2.24) is 9.80 Å². The summed E-state index contributed by atoms with van der Waals surface area (Å²) < 4.78 is 16.4. The van der Waals surface area contributed by atoms with E-state index in [-0.39, 0.29) is 11.8 Å². The van der Waals surface area contributed by atoms with Gasteiger partial charge in [0, 0.05) is 49.4 Å². The van der Waals surface area contributed by atoms with Crippen molar-refractivity contribution in [3.05, 3.63) is 77.4 Å². The first-order chi connectivity index (χ1) is 19.4. The maximum absolute atomic E-state index is 14.4. The van der Waals surface area contributed by atoms with Crippen LogP contribution in [-0.2, 0) is 4.79 Å². The first-order valence-corrected chi connectivity index (χ1v) is 14.5. The minimum absolute atomic E-state index is 0.00106. The first kappa shape index (κ1) is 27.7. The molecule has 0 saturated carbocycles. The molecule has 0 radical (unpaired) electrons. The Kier molecular flexibility index (Phi) is 8.12. The van der Waals surface area contributed by atoms with Gasteiger partial charge >= 0.3 is 0 Å². The van der Waals surface area contributed by atoms with Gasteiger partial charge in [0.1, 0.15) is 5.75 Å². The predicted octanol–water partition coefficient (Wildman–Crippen LogP) is 4.69. The number of nitrogens with zero attached hydrogens (tertiary/aromatic N) is 3. The van der Waals surface area contributed by atoms with Gasteiger partial charge in [-0.15, -0.1) is 11.8 Å². The molecular formula is C31H35N3O5S. The van der Waals surface area contributed by atoms with Gasteiger partial charge in [-0.1, -0.05) is 12.1 Å². The Labute approximate surface area is 239 Å². The Bertz CT molecular complexity index is 1370. The standard InChI is InChI=1S/C31H35N3O5S/c1-32-29(20-6-12-23(40-5)13-7-20)28(24-18-26(38-3)27(39-4)19-25(24)30(32)35)31(36)34-16-14-33(15-17-34)21-8-10-22(37-2)11-9-21/h6-13,18-19,28-29H,14-17H2,1-5H3/t28-,29-/m0/s1. The molecule has 210 valence electrons. The number of carbonyl (C=O) groups is 2. The molecule has 1 saturated heterocycles. The lowest BCUT2D eigenvalue weighted by Crippen LogP contribution is -2.53. The van der Waals surface area contributed by atoms with Crippen molar-refractivity contribution in [2.24, 2.45) is 0 Å². The van der Waals surface area contributed by atoms with Crippen LogP contribution in [0.25, 0.3) is 0 Å². The minimum atomic E-state index is -0.592. The van der Waals surface area contributed by atoms with Crippen LogP contribution in [0.15, 0.2) is 65.6 Å². The SMILES string of the molecule is COc1ccc(N2CCN(C(=O)[C@H]3c4cc(OC)c(OC)cc4C(=O)N(C)[C@H]3c3ccc(SC)cc3)CC2)cc1. The zero-order chi connectivity index (χ0) is 28.4. The maximum atomic E-state index is 14.4. The van der Waals surface area contributed by atoms with Crippen LogP contribution in [0.4, 0.5) is 5.69 Å². The number of amides is 2. The van der Waals surface area contributed by atoms with Crippen LogP contribution in [0, 0.1) is 0 Å². The zero-order valence-corrected chi connectivity index (χ0v) is 24.4. The normalized spacial score (nSPS) is 18.8. The summed E-state index contributed by atoms with van der Waals surface area (Å²) in [5.74, 6) is 1.03. The molecule has 2 aliphatic heterocycles. The number of benzene rings is 3. The molecule has 0 aliphatic carbocycles. The van der Waals surface area contributed by atoms with Gasteiger partial charge in [-0.2, -0.15) is 0 Å². The summed E-state index contributed by atoms with van der Waals surface area (Å²) >= 11 is 1.66.